The zero-order valence-corrected chi connectivity index (χ0v) is 10.9. The van der Waals surface area contributed by atoms with Crippen LogP contribution in [0.2, 0.25) is 0 Å². The fourth-order valence-electron chi connectivity index (χ4n) is 3.58. The minimum absolute atomic E-state index is 0.0341. The van der Waals surface area contributed by atoms with Crippen LogP contribution in [0.5, 0.6) is 0 Å². The predicted molar refractivity (Wildman–Crippen MR) is 70.2 cm³/mol. The molecule has 2 fully saturated rings. The highest BCUT2D eigenvalue weighted by molar-refractivity contribution is 5.81. The third-order valence-electron chi connectivity index (χ3n) is 4.37. The average molecular weight is 259 g/mol. The highest BCUT2D eigenvalue weighted by Gasteiger charge is 2.49. The van der Waals surface area contributed by atoms with E-state index in [2.05, 4.69) is 21.9 Å². The topological polar surface area (TPSA) is 78.9 Å². The van der Waals surface area contributed by atoms with E-state index in [1.165, 1.54) is 19.2 Å². The Balaban J connectivity index is 1.67. The summed E-state index contributed by atoms with van der Waals surface area (Å²) in [6.45, 7) is 2.28. The van der Waals surface area contributed by atoms with Gasteiger partial charge in [0.25, 0.3) is 0 Å². The van der Waals surface area contributed by atoms with Gasteiger partial charge in [0.15, 0.2) is 11.5 Å². The van der Waals surface area contributed by atoms with E-state index in [1.807, 2.05) is 4.57 Å². The molecule has 1 atom stereocenters. The van der Waals surface area contributed by atoms with Crippen LogP contribution in [0.3, 0.4) is 0 Å². The molecule has 6 nitrogen and oxygen atoms in total. The Bertz CT molecular complexity index is 631. The van der Waals surface area contributed by atoms with E-state index in [0.29, 0.717) is 11.3 Å². The summed E-state index contributed by atoms with van der Waals surface area (Å²) < 4.78 is 8.26. The number of hydrogen-bond donors (Lipinski definition) is 1. The van der Waals surface area contributed by atoms with Gasteiger partial charge in [-0.25, -0.2) is 15.0 Å². The van der Waals surface area contributed by atoms with Gasteiger partial charge in [0.1, 0.15) is 18.1 Å². The first-order valence-corrected chi connectivity index (χ1v) is 6.78. The van der Waals surface area contributed by atoms with Crippen LogP contribution in [0.15, 0.2) is 12.7 Å². The fraction of sp³-hybridized carbons (Fsp3) is 0.615. The number of nitrogen functional groups attached to an aromatic ring is 1. The third-order valence-corrected chi connectivity index (χ3v) is 4.37. The number of imidazole rings is 1. The molecule has 2 aliphatic rings. The molecule has 100 valence electrons. The van der Waals surface area contributed by atoms with Crippen LogP contribution in [0.25, 0.3) is 11.2 Å². The quantitative estimate of drug-likeness (QED) is 0.846. The summed E-state index contributed by atoms with van der Waals surface area (Å²) >= 11 is 0. The van der Waals surface area contributed by atoms with Gasteiger partial charge in [0.05, 0.1) is 11.9 Å². The second kappa shape index (κ2) is 3.66. The Morgan fingerprint density at radius 3 is 3.00 bits per heavy atom. The van der Waals surface area contributed by atoms with Crippen molar-refractivity contribution in [2.24, 2.45) is 5.92 Å². The molecule has 1 aliphatic carbocycles. The normalized spacial score (nSPS) is 33.9. The van der Waals surface area contributed by atoms with E-state index in [4.69, 9.17) is 10.5 Å². The average Bonchev–Trinajstić information content (AvgIpc) is 2.93. The van der Waals surface area contributed by atoms with E-state index in [-0.39, 0.29) is 11.8 Å². The molecule has 0 unspecified atom stereocenters. The smallest absolute Gasteiger partial charge is 0.167 e. The van der Waals surface area contributed by atoms with Gasteiger partial charge in [-0.15, -0.1) is 0 Å². The predicted octanol–water partition coefficient (Wildman–Crippen LogP) is 1.89. The molecule has 3 heterocycles. The molecule has 0 bridgehead atoms. The lowest BCUT2D eigenvalue weighted by atomic mass is 9.70. The number of rotatable bonds is 1. The summed E-state index contributed by atoms with van der Waals surface area (Å²) in [6.07, 6.45) is 7.77. The van der Waals surface area contributed by atoms with Crippen molar-refractivity contribution in [2.45, 2.75) is 44.4 Å². The Morgan fingerprint density at radius 2 is 2.21 bits per heavy atom. The molecule has 1 saturated carbocycles. The number of anilines is 1. The molecule has 0 aromatic carbocycles. The molecular formula is C13H17N5O. The maximum Gasteiger partial charge on any atom is 0.167 e. The molecule has 2 aromatic heterocycles. The van der Waals surface area contributed by atoms with Crippen LogP contribution < -0.4 is 5.73 Å². The van der Waals surface area contributed by atoms with Crippen molar-refractivity contribution < 1.29 is 4.74 Å². The molecule has 2 N–H and O–H groups in total. The largest absolute Gasteiger partial charge is 0.382 e. The van der Waals surface area contributed by atoms with E-state index in [0.717, 1.165) is 24.4 Å². The SMILES string of the molecule is C[C@H]1C[C@@]2(CC[C@H](n3cnc4c(N)ncnc43)O2)C1. The fourth-order valence-corrected chi connectivity index (χ4v) is 3.58. The maximum atomic E-state index is 6.27. The van der Waals surface area contributed by atoms with Crippen LogP contribution in [0, 0.1) is 5.92 Å². The zero-order valence-electron chi connectivity index (χ0n) is 10.9. The molecule has 19 heavy (non-hydrogen) atoms. The zero-order chi connectivity index (χ0) is 13.0. The van der Waals surface area contributed by atoms with Gasteiger partial charge in [-0.1, -0.05) is 6.92 Å². The van der Waals surface area contributed by atoms with Gasteiger partial charge >= 0.3 is 0 Å². The van der Waals surface area contributed by atoms with Crippen LogP contribution >= 0.6 is 0 Å². The maximum absolute atomic E-state index is 6.27. The lowest BCUT2D eigenvalue weighted by Gasteiger charge is -2.43. The van der Waals surface area contributed by atoms with Crippen molar-refractivity contribution in [1.29, 1.82) is 0 Å². The first-order chi connectivity index (χ1) is 9.17. The van der Waals surface area contributed by atoms with Crippen molar-refractivity contribution in [1.82, 2.24) is 19.5 Å². The summed E-state index contributed by atoms with van der Waals surface area (Å²) in [4.78, 5) is 12.5. The second-order valence-corrected chi connectivity index (χ2v) is 5.89. The Kier molecular flexibility index (Phi) is 2.15. The summed E-state index contributed by atoms with van der Waals surface area (Å²) in [5.74, 6) is 1.21. The number of fused-ring (bicyclic) bond motifs is 1. The molecule has 0 radical (unpaired) electrons. The molecule has 1 aliphatic heterocycles. The molecular weight excluding hydrogens is 242 g/mol. The van der Waals surface area contributed by atoms with Gasteiger partial charge < -0.3 is 10.5 Å². The summed E-state index contributed by atoms with van der Waals surface area (Å²) in [6, 6.07) is 0. The monoisotopic (exact) mass is 259 g/mol. The number of nitrogens with two attached hydrogens (primary N) is 1. The number of hydrogen-bond acceptors (Lipinski definition) is 5. The molecule has 0 amide bonds. The summed E-state index contributed by atoms with van der Waals surface area (Å²) in [7, 11) is 0. The van der Waals surface area contributed by atoms with Crippen LogP contribution in [-0.4, -0.2) is 25.1 Å². The van der Waals surface area contributed by atoms with Crippen LogP contribution in [0.4, 0.5) is 5.82 Å². The third kappa shape index (κ3) is 1.56. The lowest BCUT2D eigenvalue weighted by Crippen LogP contribution is -2.42. The Labute approximate surface area is 111 Å². The van der Waals surface area contributed by atoms with Gasteiger partial charge in [-0.05, 0) is 31.6 Å². The first kappa shape index (κ1) is 11.2. The Hall–Kier alpha value is -1.69. The van der Waals surface area contributed by atoms with E-state index in [1.54, 1.807) is 6.33 Å². The highest BCUT2D eigenvalue weighted by atomic mass is 16.5. The molecule has 6 heteroatoms. The van der Waals surface area contributed by atoms with Gasteiger partial charge in [-0.2, -0.15) is 0 Å². The van der Waals surface area contributed by atoms with Crippen molar-refractivity contribution >= 4 is 17.0 Å². The van der Waals surface area contributed by atoms with Crippen molar-refractivity contribution in [3.63, 3.8) is 0 Å². The lowest BCUT2D eigenvalue weighted by molar-refractivity contribution is -0.135. The van der Waals surface area contributed by atoms with Gasteiger partial charge in [-0.3, -0.25) is 4.57 Å². The molecule has 1 spiro atoms. The molecule has 2 aromatic rings. The molecule has 1 saturated heterocycles. The number of nitrogens with zero attached hydrogens (tertiary/aromatic N) is 4. The minimum Gasteiger partial charge on any atom is -0.382 e. The van der Waals surface area contributed by atoms with Gasteiger partial charge in [0, 0.05) is 0 Å². The van der Waals surface area contributed by atoms with Crippen molar-refractivity contribution in [2.75, 3.05) is 5.73 Å². The van der Waals surface area contributed by atoms with E-state index < -0.39 is 0 Å². The second-order valence-electron chi connectivity index (χ2n) is 5.89. The Morgan fingerprint density at radius 1 is 1.37 bits per heavy atom. The van der Waals surface area contributed by atoms with Crippen molar-refractivity contribution in [3.8, 4) is 0 Å². The standard InChI is InChI=1S/C13H17N5O/c1-8-4-13(5-8)3-2-9(19-13)18-7-17-10-11(14)15-6-16-12(10)18/h6-9H,2-5H2,1H3,(H2,14,15,16)/t8-,9-,13-/m1/s1. The molecule has 4 rings (SSSR count). The number of ether oxygens (including phenoxy) is 1. The van der Waals surface area contributed by atoms with E-state index >= 15 is 0 Å². The van der Waals surface area contributed by atoms with Gasteiger partial charge in [0.2, 0.25) is 0 Å². The van der Waals surface area contributed by atoms with Crippen LogP contribution in [0.1, 0.15) is 38.8 Å². The number of aromatic nitrogens is 4. The summed E-state index contributed by atoms with van der Waals surface area (Å²) in [5, 5.41) is 0. The van der Waals surface area contributed by atoms with E-state index in [9.17, 15) is 0 Å². The minimum atomic E-state index is 0.0341. The van der Waals surface area contributed by atoms with Crippen LogP contribution in [-0.2, 0) is 4.74 Å². The van der Waals surface area contributed by atoms with Crippen molar-refractivity contribution in [3.05, 3.63) is 12.7 Å². The highest BCUT2D eigenvalue weighted by Crippen LogP contribution is 2.51. The summed E-state index contributed by atoms with van der Waals surface area (Å²) in [5.41, 5.74) is 7.35. The first-order valence-electron chi connectivity index (χ1n) is 6.78.